The van der Waals surface area contributed by atoms with Gasteiger partial charge in [-0.3, -0.25) is 0 Å². The third-order valence-electron chi connectivity index (χ3n) is 4.17. The normalized spacial score (nSPS) is 27.7. The molecule has 1 aliphatic carbocycles. The molecule has 0 aromatic rings. The van der Waals surface area contributed by atoms with Gasteiger partial charge < -0.3 is 5.32 Å². The highest BCUT2D eigenvalue weighted by Crippen LogP contribution is 2.26. The summed E-state index contributed by atoms with van der Waals surface area (Å²) < 4.78 is 0. The molecule has 0 spiro atoms. The van der Waals surface area contributed by atoms with Crippen molar-refractivity contribution < 1.29 is 0 Å². The minimum absolute atomic E-state index is 0.807. The van der Waals surface area contributed by atoms with Crippen molar-refractivity contribution in [1.82, 2.24) is 5.32 Å². The second-order valence-electron chi connectivity index (χ2n) is 5.65. The van der Waals surface area contributed by atoms with Crippen LogP contribution in [-0.2, 0) is 0 Å². The molecule has 17 heavy (non-hydrogen) atoms. The van der Waals surface area contributed by atoms with E-state index >= 15 is 0 Å². The van der Waals surface area contributed by atoms with E-state index in [9.17, 15) is 0 Å². The Morgan fingerprint density at radius 2 is 2.06 bits per heavy atom. The van der Waals surface area contributed by atoms with Crippen LogP contribution in [0.15, 0.2) is 0 Å². The van der Waals surface area contributed by atoms with Gasteiger partial charge in [0, 0.05) is 11.3 Å². The van der Waals surface area contributed by atoms with Crippen molar-refractivity contribution in [3.05, 3.63) is 0 Å². The van der Waals surface area contributed by atoms with E-state index in [1.807, 2.05) is 11.8 Å². The first kappa shape index (κ1) is 15.4. The third kappa shape index (κ3) is 6.71. The fourth-order valence-corrected chi connectivity index (χ4v) is 3.24. The van der Waals surface area contributed by atoms with Crippen molar-refractivity contribution >= 4 is 11.8 Å². The van der Waals surface area contributed by atoms with E-state index in [4.69, 9.17) is 0 Å². The smallest absolute Gasteiger partial charge is 0.00671 e. The molecular formula is C15H31NS. The Labute approximate surface area is 113 Å². The fourth-order valence-electron chi connectivity index (χ4n) is 2.89. The summed E-state index contributed by atoms with van der Waals surface area (Å²) in [7, 11) is 0. The Bertz CT molecular complexity index is 184. The van der Waals surface area contributed by atoms with E-state index in [1.54, 1.807) is 0 Å². The minimum Gasteiger partial charge on any atom is -0.314 e. The summed E-state index contributed by atoms with van der Waals surface area (Å²) in [5, 5.41) is 4.58. The molecular weight excluding hydrogens is 226 g/mol. The fraction of sp³-hybridized carbons (Fsp3) is 1.00. The van der Waals surface area contributed by atoms with Crippen molar-refractivity contribution in [2.75, 3.05) is 12.8 Å². The highest BCUT2D eigenvalue weighted by atomic mass is 32.2. The quantitative estimate of drug-likeness (QED) is 0.676. The van der Waals surface area contributed by atoms with Gasteiger partial charge in [-0.05, 0) is 44.4 Å². The summed E-state index contributed by atoms with van der Waals surface area (Å²) in [5.41, 5.74) is 0. The molecule has 102 valence electrons. The molecule has 1 nitrogen and oxygen atoms in total. The topological polar surface area (TPSA) is 12.0 Å². The van der Waals surface area contributed by atoms with E-state index in [1.165, 1.54) is 57.9 Å². The standard InChI is InChI=1S/C15H31NS/c1-4-6-14-7-5-8-15(10-9-14)16-12-11-13(2)17-3/h13-16H,4-12H2,1-3H3. The van der Waals surface area contributed by atoms with Gasteiger partial charge >= 0.3 is 0 Å². The molecule has 1 aliphatic rings. The van der Waals surface area contributed by atoms with Gasteiger partial charge in [0.2, 0.25) is 0 Å². The van der Waals surface area contributed by atoms with Crippen molar-refractivity contribution in [1.29, 1.82) is 0 Å². The summed E-state index contributed by atoms with van der Waals surface area (Å²) in [5.74, 6) is 1.02. The maximum Gasteiger partial charge on any atom is 0.00671 e. The summed E-state index contributed by atoms with van der Waals surface area (Å²) in [6.45, 7) is 5.87. The molecule has 3 unspecified atom stereocenters. The second-order valence-corrected chi connectivity index (χ2v) is 6.93. The summed E-state index contributed by atoms with van der Waals surface area (Å²) in [6.07, 6.45) is 13.6. The zero-order valence-corrected chi connectivity index (χ0v) is 12.8. The van der Waals surface area contributed by atoms with Crippen molar-refractivity contribution in [2.24, 2.45) is 5.92 Å². The van der Waals surface area contributed by atoms with Crippen molar-refractivity contribution in [3.63, 3.8) is 0 Å². The number of nitrogens with one attached hydrogen (secondary N) is 1. The zero-order chi connectivity index (χ0) is 12.5. The molecule has 3 atom stereocenters. The molecule has 1 rings (SSSR count). The molecule has 1 N–H and O–H groups in total. The highest BCUT2D eigenvalue weighted by Gasteiger charge is 2.17. The number of thioether (sulfide) groups is 1. The molecule has 0 aromatic heterocycles. The van der Waals surface area contributed by atoms with Gasteiger partial charge in [-0.15, -0.1) is 0 Å². The van der Waals surface area contributed by atoms with Crippen LogP contribution in [0, 0.1) is 5.92 Å². The third-order valence-corrected chi connectivity index (χ3v) is 5.21. The van der Waals surface area contributed by atoms with Gasteiger partial charge in [0.15, 0.2) is 0 Å². The predicted molar refractivity (Wildman–Crippen MR) is 80.9 cm³/mol. The maximum absolute atomic E-state index is 3.78. The summed E-state index contributed by atoms with van der Waals surface area (Å²) in [4.78, 5) is 0. The van der Waals surface area contributed by atoms with Crippen LogP contribution < -0.4 is 5.32 Å². The van der Waals surface area contributed by atoms with E-state index < -0.39 is 0 Å². The molecule has 0 heterocycles. The lowest BCUT2D eigenvalue weighted by Gasteiger charge is -2.18. The van der Waals surface area contributed by atoms with Gasteiger partial charge in [0.25, 0.3) is 0 Å². The average molecular weight is 257 g/mol. The first-order valence-corrected chi connectivity index (χ1v) is 8.81. The average Bonchev–Trinajstić information content (AvgIpc) is 2.55. The lowest BCUT2D eigenvalue weighted by atomic mass is 9.95. The molecule has 0 bridgehead atoms. The van der Waals surface area contributed by atoms with Crippen LogP contribution in [0.4, 0.5) is 0 Å². The zero-order valence-electron chi connectivity index (χ0n) is 12.0. The highest BCUT2D eigenvalue weighted by molar-refractivity contribution is 7.99. The van der Waals surface area contributed by atoms with Gasteiger partial charge in [-0.1, -0.05) is 39.5 Å². The van der Waals surface area contributed by atoms with Crippen LogP contribution in [0.2, 0.25) is 0 Å². The van der Waals surface area contributed by atoms with Gasteiger partial charge in [-0.25, -0.2) is 0 Å². The molecule has 2 heteroatoms. The molecule has 0 aliphatic heterocycles. The van der Waals surface area contributed by atoms with Crippen LogP contribution in [0.5, 0.6) is 0 Å². The maximum atomic E-state index is 3.78. The number of hydrogen-bond acceptors (Lipinski definition) is 2. The number of hydrogen-bond donors (Lipinski definition) is 1. The molecule has 1 fully saturated rings. The Morgan fingerprint density at radius 3 is 2.76 bits per heavy atom. The second kappa shape index (κ2) is 9.27. The molecule has 0 saturated heterocycles. The molecule has 1 saturated carbocycles. The largest absolute Gasteiger partial charge is 0.314 e. The predicted octanol–water partition coefficient (Wildman–Crippen LogP) is 4.47. The van der Waals surface area contributed by atoms with Gasteiger partial charge in [0.1, 0.15) is 0 Å². The van der Waals surface area contributed by atoms with E-state index in [0.717, 1.165) is 17.2 Å². The van der Waals surface area contributed by atoms with Crippen LogP contribution in [0.25, 0.3) is 0 Å². The number of rotatable bonds is 7. The molecule has 0 amide bonds. The lowest BCUT2D eigenvalue weighted by molar-refractivity contribution is 0.409. The lowest BCUT2D eigenvalue weighted by Crippen LogP contribution is -2.30. The molecule has 0 radical (unpaired) electrons. The SMILES string of the molecule is CCCC1CCCC(NCCC(C)SC)CC1. The van der Waals surface area contributed by atoms with E-state index in [0.29, 0.717) is 0 Å². The van der Waals surface area contributed by atoms with Crippen molar-refractivity contribution in [3.8, 4) is 0 Å². The first-order valence-electron chi connectivity index (χ1n) is 7.52. The van der Waals surface area contributed by atoms with E-state index in [2.05, 4.69) is 25.4 Å². The van der Waals surface area contributed by atoms with Crippen LogP contribution in [-0.4, -0.2) is 24.1 Å². The summed E-state index contributed by atoms with van der Waals surface area (Å²) in [6, 6.07) is 0.811. The van der Waals surface area contributed by atoms with Gasteiger partial charge in [-0.2, -0.15) is 11.8 Å². The van der Waals surface area contributed by atoms with Crippen LogP contribution >= 0.6 is 11.8 Å². The Balaban J connectivity index is 2.13. The van der Waals surface area contributed by atoms with Gasteiger partial charge in [0.05, 0.1) is 0 Å². The Hall–Kier alpha value is 0.310. The monoisotopic (exact) mass is 257 g/mol. The minimum atomic E-state index is 0.807. The van der Waals surface area contributed by atoms with Crippen LogP contribution in [0.3, 0.4) is 0 Å². The van der Waals surface area contributed by atoms with Crippen molar-refractivity contribution in [2.45, 2.75) is 76.5 Å². The first-order chi connectivity index (χ1) is 8.26. The Morgan fingerprint density at radius 1 is 1.24 bits per heavy atom. The van der Waals surface area contributed by atoms with E-state index in [-0.39, 0.29) is 0 Å². The van der Waals surface area contributed by atoms with Crippen LogP contribution in [0.1, 0.15) is 65.2 Å². The molecule has 0 aromatic carbocycles. The Kier molecular flexibility index (Phi) is 8.38. The summed E-state index contributed by atoms with van der Waals surface area (Å²) >= 11 is 1.98.